The van der Waals surface area contributed by atoms with E-state index in [1.54, 1.807) is 24.3 Å². The molecule has 0 aromatic heterocycles. The van der Waals surface area contributed by atoms with Crippen molar-refractivity contribution >= 4 is 17.4 Å². The fourth-order valence-corrected chi connectivity index (χ4v) is 4.67. The number of likely N-dealkylation sites (N-methyl/N-ethyl adjacent to an activating group) is 1. The number of rotatable bonds is 11. The number of nitrogens with one attached hydrogen (secondary N) is 1. The summed E-state index contributed by atoms with van der Waals surface area (Å²) in [6.45, 7) is 6.83. The van der Waals surface area contributed by atoms with Gasteiger partial charge in [0.05, 0.1) is 25.2 Å². The van der Waals surface area contributed by atoms with E-state index in [2.05, 4.69) is 16.8 Å². The Balaban J connectivity index is 1.44. The first-order chi connectivity index (χ1) is 18.8. The van der Waals surface area contributed by atoms with Crippen molar-refractivity contribution in [2.24, 2.45) is 0 Å². The molecule has 4 rings (SSSR count). The molecule has 3 unspecified atom stereocenters. The molecule has 1 aliphatic rings. The zero-order chi connectivity index (χ0) is 27.8. The summed E-state index contributed by atoms with van der Waals surface area (Å²) in [6.07, 6.45) is 2.02. The molecule has 0 spiro atoms. The number of hydrogen-bond acceptors (Lipinski definition) is 6. The van der Waals surface area contributed by atoms with Crippen LogP contribution >= 0.6 is 0 Å². The molecule has 1 aliphatic heterocycles. The molecule has 3 aromatic carbocycles. The number of nitrogens with zero attached hydrogens (tertiary/aromatic N) is 1. The highest BCUT2D eigenvalue weighted by atomic mass is 16.7. The van der Waals surface area contributed by atoms with Gasteiger partial charge >= 0.3 is 0 Å². The predicted molar refractivity (Wildman–Crippen MR) is 151 cm³/mol. The highest BCUT2D eigenvalue weighted by Gasteiger charge is 2.32. The van der Waals surface area contributed by atoms with Gasteiger partial charge in [0.25, 0.3) is 0 Å². The van der Waals surface area contributed by atoms with Crippen LogP contribution in [0.15, 0.2) is 85.5 Å². The van der Waals surface area contributed by atoms with Crippen molar-refractivity contribution in [3.63, 3.8) is 0 Å². The molecule has 1 saturated heterocycles. The van der Waals surface area contributed by atoms with Gasteiger partial charge < -0.3 is 24.8 Å². The number of carbonyl (C=O) groups is 2. The lowest BCUT2D eigenvalue weighted by molar-refractivity contribution is -0.252. The third-order valence-electron chi connectivity index (χ3n) is 6.74. The van der Waals surface area contributed by atoms with Gasteiger partial charge in [-0.05, 0) is 42.8 Å². The van der Waals surface area contributed by atoms with Crippen LogP contribution in [0.4, 0.5) is 5.69 Å². The van der Waals surface area contributed by atoms with E-state index in [0.717, 1.165) is 35.3 Å². The van der Waals surface area contributed by atoms with Gasteiger partial charge in [0.15, 0.2) is 12.1 Å². The Bertz CT molecular complexity index is 1270. The molecule has 2 N–H and O–H groups in total. The van der Waals surface area contributed by atoms with Crippen molar-refractivity contribution in [1.29, 1.82) is 0 Å². The van der Waals surface area contributed by atoms with Crippen LogP contribution < -0.4 is 5.32 Å². The second-order valence-corrected chi connectivity index (χ2v) is 9.96. The van der Waals surface area contributed by atoms with Crippen molar-refractivity contribution < 1.29 is 24.2 Å². The first-order valence-electron chi connectivity index (χ1n) is 13.1. The molecule has 1 heterocycles. The maximum atomic E-state index is 12.6. The number of Topliss-reactive ketones (excluding diaryl/α,β-unsaturated/α-hetero) is 1. The number of carbonyl (C=O) groups excluding carboxylic acids is 2. The maximum absolute atomic E-state index is 12.6. The number of ether oxygens (including phenoxy) is 2. The van der Waals surface area contributed by atoms with Crippen LogP contribution in [0.5, 0.6) is 0 Å². The Hall–Kier alpha value is -3.62. The van der Waals surface area contributed by atoms with Crippen LogP contribution in [0.25, 0.3) is 0 Å². The van der Waals surface area contributed by atoms with Crippen molar-refractivity contribution in [2.75, 3.05) is 25.5 Å². The van der Waals surface area contributed by atoms with E-state index in [1.807, 2.05) is 61.7 Å². The van der Waals surface area contributed by atoms with Gasteiger partial charge in [-0.15, -0.1) is 6.58 Å². The minimum absolute atomic E-state index is 0.00167. The number of amides is 1. The van der Waals surface area contributed by atoms with Gasteiger partial charge in [0.2, 0.25) is 5.91 Å². The van der Waals surface area contributed by atoms with Gasteiger partial charge in [0.1, 0.15) is 0 Å². The molecule has 0 bridgehead atoms. The van der Waals surface area contributed by atoms with Crippen LogP contribution in [0.2, 0.25) is 0 Å². The molecular formula is C32H36N2O5. The molecule has 204 valence electrons. The zero-order valence-corrected chi connectivity index (χ0v) is 22.5. The zero-order valence-electron chi connectivity index (χ0n) is 22.5. The number of hydrogen-bond donors (Lipinski definition) is 2. The SMILES string of the molecule is C=CCN(C)CC1CC(c2ccc(CO)cc2)OC(c2ccc(CC(=O)Nc3cccc(C(C)=O)c3)cc2)O1. The lowest BCUT2D eigenvalue weighted by atomic mass is 9.99. The van der Waals surface area contributed by atoms with E-state index >= 15 is 0 Å². The van der Waals surface area contributed by atoms with Crippen molar-refractivity contribution in [1.82, 2.24) is 4.90 Å². The van der Waals surface area contributed by atoms with Crippen LogP contribution in [-0.2, 0) is 27.3 Å². The third-order valence-corrected chi connectivity index (χ3v) is 6.74. The lowest BCUT2D eigenvalue weighted by Gasteiger charge is -2.37. The van der Waals surface area contributed by atoms with Crippen LogP contribution in [0.1, 0.15) is 58.4 Å². The van der Waals surface area contributed by atoms with Gasteiger partial charge in [-0.2, -0.15) is 0 Å². The third kappa shape index (κ3) is 7.94. The second-order valence-electron chi connectivity index (χ2n) is 9.96. The summed E-state index contributed by atoms with van der Waals surface area (Å²) in [4.78, 5) is 26.4. The number of ketones is 1. The Labute approximate surface area is 230 Å². The first kappa shape index (κ1) is 28.4. The molecule has 39 heavy (non-hydrogen) atoms. The molecule has 7 nitrogen and oxygen atoms in total. The summed E-state index contributed by atoms with van der Waals surface area (Å²) >= 11 is 0. The number of aliphatic hydroxyl groups excluding tert-OH is 1. The molecular weight excluding hydrogens is 492 g/mol. The van der Waals surface area contributed by atoms with Gasteiger partial charge in [-0.3, -0.25) is 9.59 Å². The fraction of sp³-hybridized carbons (Fsp3) is 0.312. The van der Waals surface area contributed by atoms with Crippen LogP contribution in [0, 0.1) is 0 Å². The standard InChI is InChI=1S/C32H36N2O5/c1-4-16-34(3)20-29-19-30(25-12-10-24(21-35)11-13-25)39-32(38-29)26-14-8-23(9-15-26)17-31(37)33-28-7-5-6-27(18-28)22(2)36/h4-15,18,29-30,32,35H,1,16-17,19-21H2,2-3H3,(H,33,37). The van der Waals surface area contributed by atoms with E-state index in [4.69, 9.17) is 9.47 Å². The van der Waals surface area contributed by atoms with Crippen molar-refractivity contribution in [3.8, 4) is 0 Å². The summed E-state index contributed by atoms with van der Waals surface area (Å²) in [6, 6.07) is 22.4. The fourth-order valence-electron chi connectivity index (χ4n) is 4.67. The molecule has 0 saturated carbocycles. The molecule has 0 radical (unpaired) electrons. The summed E-state index contributed by atoms with van der Waals surface area (Å²) < 4.78 is 12.8. The Morgan fingerprint density at radius 3 is 2.38 bits per heavy atom. The highest BCUT2D eigenvalue weighted by Crippen LogP contribution is 2.38. The molecule has 3 atom stereocenters. The Morgan fingerprint density at radius 1 is 1.03 bits per heavy atom. The average Bonchev–Trinajstić information content (AvgIpc) is 2.93. The number of anilines is 1. The normalized spacial score (nSPS) is 19.0. The average molecular weight is 529 g/mol. The maximum Gasteiger partial charge on any atom is 0.228 e. The molecule has 1 fully saturated rings. The smallest absolute Gasteiger partial charge is 0.228 e. The van der Waals surface area contributed by atoms with Crippen LogP contribution in [0.3, 0.4) is 0 Å². The summed E-state index contributed by atoms with van der Waals surface area (Å²) in [5.74, 6) is -0.210. The van der Waals surface area contributed by atoms with Crippen molar-refractivity contribution in [2.45, 2.75) is 44.9 Å². The van der Waals surface area contributed by atoms with E-state index < -0.39 is 6.29 Å². The van der Waals surface area contributed by atoms with Crippen molar-refractivity contribution in [3.05, 3.63) is 113 Å². The largest absolute Gasteiger partial charge is 0.392 e. The highest BCUT2D eigenvalue weighted by molar-refractivity contribution is 5.97. The van der Waals surface area contributed by atoms with Gasteiger partial charge in [0, 0.05) is 36.3 Å². The second kappa shape index (κ2) is 13.4. The summed E-state index contributed by atoms with van der Waals surface area (Å²) in [5.41, 5.74) is 4.78. The monoisotopic (exact) mass is 528 g/mol. The molecule has 7 heteroatoms. The Morgan fingerprint density at radius 2 is 1.72 bits per heavy atom. The van der Waals surface area contributed by atoms with Gasteiger partial charge in [-0.25, -0.2) is 0 Å². The van der Waals surface area contributed by atoms with Crippen LogP contribution in [-0.4, -0.2) is 47.9 Å². The molecule has 1 amide bonds. The van der Waals surface area contributed by atoms with E-state index in [0.29, 0.717) is 17.7 Å². The number of aliphatic hydroxyl groups is 1. The first-order valence-corrected chi connectivity index (χ1v) is 13.1. The topological polar surface area (TPSA) is 88.1 Å². The molecule has 3 aromatic rings. The minimum Gasteiger partial charge on any atom is -0.392 e. The Kier molecular flexibility index (Phi) is 9.79. The number of benzene rings is 3. The molecule has 0 aliphatic carbocycles. The minimum atomic E-state index is -0.555. The quantitative estimate of drug-likeness (QED) is 0.262. The summed E-state index contributed by atoms with van der Waals surface area (Å²) in [5, 5.41) is 12.3. The lowest BCUT2D eigenvalue weighted by Crippen LogP contribution is -2.37. The summed E-state index contributed by atoms with van der Waals surface area (Å²) in [7, 11) is 2.04. The van der Waals surface area contributed by atoms with E-state index in [-0.39, 0.29) is 36.9 Å². The van der Waals surface area contributed by atoms with Gasteiger partial charge in [-0.1, -0.05) is 66.7 Å². The van der Waals surface area contributed by atoms with E-state index in [1.165, 1.54) is 6.92 Å². The van der Waals surface area contributed by atoms with E-state index in [9.17, 15) is 14.7 Å². The predicted octanol–water partition coefficient (Wildman–Crippen LogP) is 5.23.